The van der Waals surface area contributed by atoms with E-state index in [9.17, 15) is 14.9 Å². The summed E-state index contributed by atoms with van der Waals surface area (Å²) in [4.78, 5) is 24.2. The number of benzene rings is 1. The van der Waals surface area contributed by atoms with Crippen LogP contribution in [0.5, 0.6) is 0 Å². The number of nitro benzene ring substituents is 1. The first-order valence-corrected chi connectivity index (χ1v) is 6.42. The number of nitrogens with one attached hydrogen (secondary N) is 1. The molecule has 0 aliphatic heterocycles. The first-order chi connectivity index (χ1) is 8.97. The van der Waals surface area contributed by atoms with Crippen molar-refractivity contribution in [2.75, 3.05) is 5.32 Å². The molecule has 0 radical (unpaired) electrons. The number of rotatable bonds is 3. The predicted molar refractivity (Wildman–Crippen MR) is 74.8 cm³/mol. The van der Waals surface area contributed by atoms with Crippen LogP contribution >= 0.6 is 11.3 Å². The summed E-state index contributed by atoms with van der Waals surface area (Å²) in [5.74, 6) is -0.248. The Morgan fingerprint density at radius 1 is 1.32 bits per heavy atom. The molecular formula is C13H12N2O3S. The molecule has 19 heavy (non-hydrogen) atoms. The van der Waals surface area contributed by atoms with E-state index in [-0.39, 0.29) is 11.6 Å². The summed E-state index contributed by atoms with van der Waals surface area (Å²) >= 11 is 1.55. The van der Waals surface area contributed by atoms with E-state index in [1.807, 2.05) is 19.9 Å². The minimum absolute atomic E-state index is 0.0454. The van der Waals surface area contributed by atoms with Crippen LogP contribution < -0.4 is 5.32 Å². The number of nitrogens with zero attached hydrogens (tertiary/aromatic N) is 1. The van der Waals surface area contributed by atoms with E-state index in [1.54, 1.807) is 23.5 Å². The summed E-state index contributed by atoms with van der Waals surface area (Å²) in [6.45, 7) is 3.81. The number of carbonyl (C=O) groups is 1. The molecule has 2 rings (SSSR count). The molecular weight excluding hydrogens is 264 g/mol. The highest BCUT2D eigenvalue weighted by molar-refractivity contribution is 7.12. The number of aryl methyl sites for hydroxylation is 2. The van der Waals surface area contributed by atoms with Crippen LogP contribution in [-0.4, -0.2) is 10.8 Å². The van der Waals surface area contributed by atoms with Crippen LogP contribution in [-0.2, 0) is 0 Å². The van der Waals surface area contributed by atoms with Crippen molar-refractivity contribution in [3.8, 4) is 0 Å². The molecule has 1 heterocycles. The molecule has 0 atom stereocenters. The second kappa shape index (κ2) is 5.19. The lowest BCUT2D eigenvalue weighted by molar-refractivity contribution is -0.384. The van der Waals surface area contributed by atoms with E-state index in [4.69, 9.17) is 0 Å². The van der Waals surface area contributed by atoms with Crippen LogP contribution in [0, 0.1) is 24.0 Å². The van der Waals surface area contributed by atoms with Crippen LogP contribution in [0.1, 0.15) is 20.1 Å². The Kier molecular flexibility index (Phi) is 3.62. The molecule has 1 aromatic heterocycles. The maximum absolute atomic E-state index is 12.1. The summed E-state index contributed by atoms with van der Waals surface area (Å²) in [6.07, 6.45) is 0. The van der Waals surface area contributed by atoms with E-state index in [1.165, 1.54) is 12.1 Å². The van der Waals surface area contributed by atoms with Crippen molar-refractivity contribution in [2.45, 2.75) is 13.8 Å². The fourth-order valence-corrected chi connectivity index (χ4v) is 2.67. The second-order valence-corrected chi connectivity index (χ2v) is 5.55. The van der Waals surface area contributed by atoms with Crippen LogP contribution in [0.25, 0.3) is 0 Å². The van der Waals surface area contributed by atoms with Gasteiger partial charge in [0.25, 0.3) is 11.6 Å². The number of hydrogen-bond acceptors (Lipinski definition) is 4. The fraction of sp³-hybridized carbons (Fsp3) is 0.154. The maximum atomic E-state index is 12.1. The molecule has 0 saturated heterocycles. The monoisotopic (exact) mass is 276 g/mol. The molecule has 1 N–H and O–H groups in total. The third kappa shape index (κ3) is 2.97. The van der Waals surface area contributed by atoms with Gasteiger partial charge in [0.2, 0.25) is 0 Å². The second-order valence-electron chi connectivity index (χ2n) is 4.09. The smallest absolute Gasteiger partial charge is 0.271 e. The highest BCUT2D eigenvalue weighted by Crippen LogP contribution is 2.23. The van der Waals surface area contributed by atoms with E-state index in [0.717, 1.165) is 9.75 Å². The zero-order chi connectivity index (χ0) is 14.0. The number of hydrogen-bond donors (Lipinski definition) is 1. The normalized spacial score (nSPS) is 10.2. The van der Waals surface area contributed by atoms with Crippen molar-refractivity contribution >= 4 is 28.6 Å². The van der Waals surface area contributed by atoms with Gasteiger partial charge in [-0.15, -0.1) is 11.3 Å². The number of amides is 1. The van der Waals surface area contributed by atoms with Gasteiger partial charge in [0.05, 0.1) is 10.5 Å². The van der Waals surface area contributed by atoms with Gasteiger partial charge in [-0.1, -0.05) is 6.07 Å². The molecule has 0 aliphatic carbocycles. The molecule has 2 aromatic rings. The van der Waals surface area contributed by atoms with Crippen LogP contribution in [0.3, 0.4) is 0 Å². The summed E-state index contributed by atoms with van der Waals surface area (Å²) in [5, 5.41) is 13.3. The van der Waals surface area contributed by atoms with Crippen LogP contribution in [0.2, 0.25) is 0 Å². The van der Waals surface area contributed by atoms with Gasteiger partial charge >= 0.3 is 0 Å². The Morgan fingerprint density at radius 2 is 2.05 bits per heavy atom. The van der Waals surface area contributed by atoms with Gasteiger partial charge in [0.15, 0.2) is 0 Å². The Hall–Kier alpha value is -2.21. The minimum atomic E-state index is -0.490. The van der Waals surface area contributed by atoms with Gasteiger partial charge in [0, 0.05) is 27.6 Å². The molecule has 5 nitrogen and oxygen atoms in total. The highest BCUT2D eigenvalue weighted by Gasteiger charge is 2.13. The summed E-state index contributed by atoms with van der Waals surface area (Å²) in [5.41, 5.74) is 0.979. The Balaban J connectivity index is 2.21. The molecule has 0 saturated carbocycles. The molecule has 1 aromatic carbocycles. The van der Waals surface area contributed by atoms with Gasteiger partial charge in [0.1, 0.15) is 0 Å². The van der Waals surface area contributed by atoms with Crippen molar-refractivity contribution in [3.63, 3.8) is 0 Å². The topological polar surface area (TPSA) is 72.2 Å². The molecule has 1 amide bonds. The van der Waals surface area contributed by atoms with E-state index in [0.29, 0.717) is 11.3 Å². The SMILES string of the molecule is Cc1cc(C(=O)Nc2cccc([N+](=O)[O-])c2)c(C)s1. The first kappa shape index (κ1) is 13.2. The number of anilines is 1. The Morgan fingerprint density at radius 3 is 2.63 bits per heavy atom. The molecule has 0 unspecified atom stereocenters. The summed E-state index contributed by atoms with van der Waals surface area (Å²) in [6, 6.07) is 7.70. The van der Waals surface area contributed by atoms with Crippen molar-refractivity contribution < 1.29 is 9.72 Å². The van der Waals surface area contributed by atoms with Crippen molar-refractivity contribution in [2.24, 2.45) is 0 Å². The number of carbonyl (C=O) groups excluding carboxylic acids is 1. The van der Waals surface area contributed by atoms with Gasteiger partial charge in [-0.05, 0) is 26.0 Å². The lowest BCUT2D eigenvalue weighted by atomic mass is 10.2. The van der Waals surface area contributed by atoms with Gasteiger partial charge < -0.3 is 5.32 Å². The average Bonchev–Trinajstić information content (AvgIpc) is 2.69. The van der Waals surface area contributed by atoms with Gasteiger partial charge in [-0.25, -0.2) is 0 Å². The zero-order valence-electron chi connectivity index (χ0n) is 10.5. The average molecular weight is 276 g/mol. The van der Waals surface area contributed by atoms with Crippen molar-refractivity contribution in [3.05, 3.63) is 55.8 Å². The number of nitro groups is 1. The molecule has 98 valence electrons. The van der Waals surface area contributed by atoms with Gasteiger partial charge in [-0.2, -0.15) is 0 Å². The summed E-state index contributed by atoms with van der Waals surface area (Å²) in [7, 11) is 0. The van der Waals surface area contributed by atoms with E-state index in [2.05, 4.69) is 5.32 Å². The van der Waals surface area contributed by atoms with E-state index < -0.39 is 4.92 Å². The third-order valence-electron chi connectivity index (χ3n) is 2.60. The van der Waals surface area contributed by atoms with Crippen molar-refractivity contribution in [1.82, 2.24) is 0 Å². The lowest BCUT2D eigenvalue weighted by Crippen LogP contribution is -2.12. The molecule has 0 spiro atoms. The number of thiophene rings is 1. The third-order valence-corrected chi connectivity index (χ3v) is 3.57. The van der Waals surface area contributed by atoms with Crippen LogP contribution in [0.15, 0.2) is 30.3 Å². The maximum Gasteiger partial charge on any atom is 0.271 e. The molecule has 6 heteroatoms. The molecule has 0 bridgehead atoms. The quantitative estimate of drug-likeness (QED) is 0.688. The largest absolute Gasteiger partial charge is 0.322 e. The minimum Gasteiger partial charge on any atom is -0.322 e. The molecule has 0 fully saturated rings. The molecule has 0 aliphatic rings. The Labute approximate surface area is 114 Å². The predicted octanol–water partition coefficient (Wildman–Crippen LogP) is 3.53. The summed E-state index contributed by atoms with van der Waals surface area (Å²) < 4.78 is 0. The van der Waals surface area contributed by atoms with Crippen molar-refractivity contribution in [1.29, 1.82) is 0 Å². The first-order valence-electron chi connectivity index (χ1n) is 5.60. The van der Waals surface area contributed by atoms with E-state index >= 15 is 0 Å². The standard InChI is InChI=1S/C13H12N2O3S/c1-8-6-12(9(2)19-8)13(16)14-10-4-3-5-11(7-10)15(17)18/h3-7H,1-2H3,(H,14,16). The fourth-order valence-electron chi connectivity index (χ4n) is 1.75. The zero-order valence-corrected chi connectivity index (χ0v) is 11.3. The van der Waals surface area contributed by atoms with Gasteiger partial charge in [-0.3, -0.25) is 14.9 Å². The Bertz CT molecular complexity index is 649. The van der Waals surface area contributed by atoms with Crippen LogP contribution in [0.4, 0.5) is 11.4 Å². The lowest BCUT2D eigenvalue weighted by Gasteiger charge is -2.04. The highest BCUT2D eigenvalue weighted by atomic mass is 32.1. The number of non-ortho nitro benzene ring substituents is 1.